The van der Waals surface area contributed by atoms with Crippen molar-refractivity contribution in [3.8, 4) is 0 Å². The van der Waals surface area contributed by atoms with Gasteiger partial charge in [-0.1, -0.05) is 44.2 Å². The molecule has 20 heavy (non-hydrogen) atoms. The lowest BCUT2D eigenvalue weighted by molar-refractivity contribution is -0.153. The third kappa shape index (κ3) is 2.59. The van der Waals surface area contributed by atoms with Gasteiger partial charge in [-0.05, 0) is 24.5 Å². The monoisotopic (exact) mass is 273 g/mol. The average Bonchev–Trinajstić information content (AvgIpc) is 2.74. The summed E-state index contributed by atoms with van der Waals surface area (Å²) in [7, 11) is 0. The number of rotatable bonds is 4. The standard InChI is InChI=1S/C16H19NO3/c1-11(2)16(9-12(3)14(18)17-16)15(19)20-10-13-7-5-4-6-8-13/h4-9,11H,10H2,1-3H3,(H,17,18). The summed E-state index contributed by atoms with van der Waals surface area (Å²) in [5, 5.41) is 2.75. The van der Waals surface area contributed by atoms with E-state index in [4.69, 9.17) is 4.74 Å². The number of benzene rings is 1. The Bertz CT molecular complexity index is 548. The highest BCUT2D eigenvalue weighted by Crippen LogP contribution is 2.28. The van der Waals surface area contributed by atoms with E-state index in [1.54, 1.807) is 13.0 Å². The molecule has 0 saturated heterocycles. The van der Waals surface area contributed by atoms with E-state index in [0.29, 0.717) is 5.57 Å². The molecule has 4 nitrogen and oxygen atoms in total. The van der Waals surface area contributed by atoms with E-state index in [1.807, 2.05) is 44.2 Å². The zero-order valence-corrected chi connectivity index (χ0v) is 12.0. The Morgan fingerprint density at radius 3 is 2.45 bits per heavy atom. The SMILES string of the molecule is CC1=CC(C(=O)OCc2ccccc2)(C(C)C)NC1=O. The molecule has 106 valence electrons. The lowest BCUT2D eigenvalue weighted by Gasteiger charge is -2.29. The van der Waals surface area contributed by atoms with Crippen LogP contribution in [-0.4, -0.2) is 17.4 Å². The van der Waals surface area contributed by atoms with Crippen molar-refractivity contribution in [2.24, 2.45) is 5.92 Å². The smallest absolute Gasteiger partial charge is 0.336 e. The number of nitrogens with one attached hydrogen (secondary N) is 1. The molecule has 0 aromatic heterocycles. The third-order valence-electron chi connectivity index (χ3n) is 3.58. The van der Waals surface area contributed by atoms with Gasteiger partial charge in [0.25, 0.3) is 0 Å². The van der Waals surface area contributed by atoms with Crippen molar-refractivity contribution in [2.45, 2.75) is 32.9 Å². The molecule has 0 spiro atoms. The predicted molar refractivity (Wildman–Crippen MR) is 75.7 cm³/mol. The number of ether oxygens (including phenoxy) is 1. The second kappa shape index (κ2) is 5.49. The van der Waals surface area contributed by atoms with Crippen LogP contribution in [0.15, 0.2) is 42.0 Å². The molecule has 0 saturated carbocycles. The van der Waals surface area contributed by atoms with Gasteiger partial charge in [0.1, 0.15) is 6.61 Å². The topological polar surface area (TPSA) is 55.4 Å². The van der Waals surface area contributed by atoms with Gasteiger partial charge in [-0.3, -0.25) is 4.79 Å². The van der Waals surface area contributed by atoms with E-state index in [-0.39, 0.29) is 18.4 Å². The summed E-state index contributed by atoms with van der Waals surface area (Å²) in [6, 6.07) is 9.48. The van der Waals surface area contributed by atoms with Crippen LogP contribution in [0.5, 0.6) is 0 Å². The molecule has 1 amide bonds. The normalized spacial score (nSPS) is 21.6. The molecule has 1 N–H and O–H groups in total. The van der Waals surface area contributed by atoms with Gasteiger partial charge in [-0.2, -0.15) is 0 Å². The summed E-state index contributed by atoms with van der Waals surface area (Å²) in [6.45, 7) is 5.68. The fourth-order valence-corrected chi connectivity index (χ4v) is 2.23. The molecule has 2 rings (SSSR count). The number of hydrogen-bond donors (Lipinski definition) is 1. The lowest BCUT2D eigenvalue weighted by atomic mass is 9.87. The van der Waals surface area contributed by atoms with Crippen LogP contribution in [-0.2, 0) is 20.9 Å². The maximum absolute atomic E-state index is 12.4. The lowest BCUT2D eigenvalue weighted by Crippen LogP contribution is -2.54. The molecule has 1 atom stereocenters. The molecule has 4 heteroatoms. The molecule has 1 aliphatic heterocycles. The number of carbonyl (C=O) groups is 2. The molecule has 0 radical (unpaired) electrons. The van der Waals surface area contributed by atoms with Gasteiger partial charge in [0.2, 0.25) is 5.91 Å². The molecule has 1 aromatic carbocycles. The molecular formula is C16H19NO3. The van der Waals surface area contributed by atoms with Crippen molar-refractivity contribution in [1.29, 1.82) is 0 Å². The van der Waals surface area contributed by atoms with Crippen LogP contribution in [0.25, 0.3) is 0 Å². The first-order valence-electron chi connectivity index (χ1n) is 6.69. The number of amides is 1. The maximum Gasteiger partial charge on any atom is 0.336 e. The quantitative estimate of drug-likeness (QED) is 0.856. The van der Waals surface area contributed by atoms with Crippen molar-refractivity contribution in [3.63, 3.8) is 0 Å². The van der Waals surface area contributed by atoms with Crippen molar-refractivity contribution < 1.29 is 14.3 Å². The van der Waals surface area contributed by atoms with Crippen LogP contribution in [0.4, 0.5) is 0 Å². The Balaban J connectivity index is 2.12. The Morgan fingerprint density at radius 2 is 1.95 bits per heavy atom. The second-order valence-corrected chi connectivity index (χ2v) is 5.37. The highest BCUT2D eigenvalue weighted by Gasteiger charge is 2.46. The average molecular weight is 273 g/mol. The van der Waals surface area contributed by atoms with Gasteiger partial charge >= 0.3 is 5.97 Å². The Morgan fingerprint density at radius 1 is 1.30 bits per heavy atom. The van der Waals surface area contributed by atoms with E-state index in [2.05, 4.69) is 5.32 Å². The minimum absolute atomic E-state index is 0.0767. The number of hydrogen-bond acceptors (Lipinski definition) is 3. The molecule has 1 aliphatic rings. The Labute approximate surface area is 118 Å². The van der Waals surface area contributed by atoms with E-state index in [0.717, 1.165) is 5.56 Å². The minimum atomic E-state index is -1.05. The van der Waals surface area contributed by atoms with E-state index in [1.165, 1.54) is 0 Å². The number of carbonyl (C=O) groups excluding carboxylic acids is 2. The largest absolute Gasteiger partial charge is 0.459 e. The molecule has 0 bridgehead atoms. The van der Waals surface area contributed by atoms with Gasteiger partial charge in [-0.25, -0.2) is 4.79 Å². The summed E-state index contributed by atoms with van der Waals surface area (Å²) >= 11 is 0. The van der Waals surface area contributed by atoms with Crippen molar-refractivity contribution in [2.75, 3.05) is 0 Å². The second-order valence-electron chi connectivity index (χ2n) is 5.37. The van der Waals surface area contributed by atoms with Crippen molar-refractivity contribution >= 4 is 11.9 Å². The highest BCUT2D eigenvalue weighted by molar-refractivity contribution is 6.03. The van der Waals surface area contributed by atoms with Crippen LogP contribution in [0, 0.1) is 5.92 Å². The van der Waals surface area contributed by atoms with Crippen molar-refractivity contribution in [3.05, 3.63) is 47.5 Å². The van der Waals surface area contributed by atoms with Gasteiger partial charge in [0.15, 0.2) is 5.54 Å². The van der Waals surface area contributed by atoms with Crippen LogP contribution < -0.4 is 5.32 Å². The fourth-order valence-electron chi connectivity index (χ4n) is 2.23. The van der Waals surface area contributed by atoms with E-state index < -0.39 is 11.5 Å². The van der Waals surface area contributed by atoms with Gasteiger partial charge in [0.05, 0.1) is 0 Å². The molecule has 1 heterocycles. The first-order valence-corrected chi connectivity index (χ1v) is 6.69. The van der Waals surface area contributed by atoms with E-state index >= 15 is 0 Å². The predicted octanol–water partition coefficient (Wildman–Crippen LogP) is 2.20. The number of esters is 1. The molecule has 0 aliphatic carbocycles. The third-order valence-corrected chi connectivity index (χ3v) is 3.58. The minimum Gasteiger partial charge on any atom is -0.459 e. The Kier molecular flexibility index (Phi) is 3.93. The first kappa shape index (κ1) is 14.3. The van der Waals surface area contributed by atoms with Crippen LogP contribution in [0.1, 0.15) is 26.3 Å². The summed E-state index contributed by atoms with van der Waals surface area (Å²) in [5.74, 6) is -0.705. The molecular weight excluding hydrogens is 254 g/mol. The molecule has 1 unspecified atom stereocenters. The van der Waals surface area contributed by atoms with Gasteiger partial charge in [-0.15, -0.1) is 0 Å². The van der Waals surface area contributed by atoms with Gasteiger partial charge in [0, 0.05) is 5.57 Å². The summed E-state index contributed by atoms with van der Waals surface area (Å²) < 4.78 is 5.38. The zero-order chi connectivity index (χ0) is 14.8. The van der Waals surface area contributed by atoms with Crippen LogP contribution in [0.2, 0.25) is 0 Å². The Hall–Kier alpha value is -2.10. The van der Waals surface area contributed by atoms with Crippen LogP contribution in [0.3, 0.4) is 0 Å². The maximum atomic E-state index is 12.4. The summed E-state index contributed by atoms with van der Waals surface area (Å²) in [6.07, 6.45) is 1.67. The van der Waals surface area contributed by atoms with Crippen LogP contribution >= 0.6 is 0 Å². The fraction of sp³-hybridized carbons (Fsp3) is 0.375. The van der Waals surface area contributed by atoms with Gasteiger partial charge < -0.3 is 10.1 Å². The summed E-state index contributed by atoms with van der Waals surface area (Å²) in [5.41, 5.74) is 0.427. The zero-order valence-electron chi connectivity index (χ0n) is 12.0. The first-order chi connectivity index (χ1) is 9.45. The summed E-state index contributed by atoms with van der Waals surface area (Å²) in [4.78, 5) is 24.1. The van der Waals surface area contributed by atoms with E-state index in [9.17, 15) is 9.59 Å². The van der Waals surface area contributed by atoms with Crippen molar-refractivity contribution in [1.82, 2.24) is 5.32 Å². The molecule has 0 fully saturated rings. The molecule has 1 aromatic rings. The highest BCUT2D eigenvalue weighted by atomic mass is 16.5.